The Kier molecular flexibility index (Phi) is 4.65. The molecule has 1 nitrogen and oxygen atoms in total. The summed E-state index contributed by atoms with van der Waals surface area (Å²) in [4.78, 5) is 0. The highest BCUT2D eigenvalue weighted by atomic mass is 35.5. The van der Waals surface area contributed by atoms with Crippen molar-refractivity contribution in [1.82, 2.24) is 0 Å². The normalized spacial score (nSPS) is 12.3. The van der Waals surface area contributed by atoms with Crippen molar-refractivity contribution in [3.05, 3.63) is 39.4 Å². The summed E-state index contributed by atoms with van der Waals surface area (Å²) in [5.74, 6) is 0.296. The minimum Gasteiger partial charge on any atom is -0.392 e. The smallest absolute Gasteiger partial charge is 0.0664 e. The Bertz CT molecular complexity index is 370. The van der Waals surface area contributed by atoms with Crippen molar-refractivity contribution in [3.63, 3.8) is 0 Å². The number of hydrogen-bond acceptors (Lipinski definition) is 1. The first-order valence-corrected chi connectivity index (χ1v) is 5.57. The van der Waals surface area contributed by atoms with Gasteiger partial charge >= 0.3 is 0 Å². The molecule has 1 N–H and O–H groups in total. The molecule has 0 aliphatic heterocycles. The van der Waals surface area contributed by atoms with E-state index in [1.54, 1.807) is 6.07 Å². The van der Waals surface area contributed by atoms with E-state index in [2.05, 4.69) is 0 Å². The highest BCUT2D eigenvalue weighted by Gasteiger charge is 2.05. The molecule has 0 aliphatic carbocycles. The Labute approximate surface area is 100 Å². The lowest BCUT2D eigenvalue weighted by atomic mass is 10.0. The van der Waals surface area contributed by atoms with Crippen LogP contribution < -0.4 is 0 Å². The van der Waals surface area contributed by atoms with Crippen molar-refractivity contribution in [3.8, 4) is 0 Å². The van der Waals surface area contributed by atoms with Crippen molar-refractivity contribution >= 4 is 29.3 Å². The van der Waals surface area contributed by atoms with Gasteiger partial charge in [-0.3, -0.25) is 0 Å². The average molecular weight is 245 g/mol. The quantitative estimate of drug-likeness (QED) is 0.852. The number of rotatable bonds is 3. The Hall–Kier alpha value is -0.500. The molecular weight excluding hydrogens is 231 g/mol. The summed E-state index contributed by atoms with van der Waals surface area (Å²) in [5, 5.41) is 10.2. The van der Waals surface area contributed by atoms with Crippen LogP contribution in [-0.4, -0.2) is 11.7 Å². The Morgan fingerprint density at radius 1 is 1.40 bits per heavy atom. The van der Waals surface area contributed by atoms with Crippen LogP contribution in [0.3, 0.4) is 0 Å². The van der Waals surface area contributed by atoms with Crippen LogP contribution in [0.4, 0.5) is 0 Å². The van der Waals surface area contributed by atoms with Crippen LogP contribution in [0.1, 0.15) is 19.4 Å². The van der Waals surface area contributed by atoms with Crippen LogP contribution in [0.2, 0.25) is 10.0 Å². The molecule has 15 heavy (non-hydrogen) atoms. The summed E-state index contributed by atoms with van der Waals surface area (Å²) in [7, 11) is 0. The number of benzene rings is 1. The molecule has 1 aromatic carbocycles. The molecule has 0 spiro atoms. The molecule has 0 radical (unpaired) electrons. The van der Waals surface area contributed by atoms with Crippen molar-refractivity contribution in [2.45, 2.75) is 13.8 Å². The number of aliphatic hydroxyl groups excluding tert-OH is 1. The van der Waals surface area contributed by atoms with Gasteiger partial charge in [0, 0.05) is 0 Å². The molecule has 1 rings (SSSR count). The van der Waals surface area contributed by atoms with Gasteiger partial charge in [0.05, 0.1) is 16.7 Å². The zero-order valence-electron chi connectivity index (χ0n) is 8.80. The van der Waals surface area contributed by atoms with Gasteiger partial charge in [0.2, 0.25) is 0 Å². The molecule has 82 valence electrons. The van der Waals surface area contributed by atoms with Gasteiger partial charge < -0.3 is 5.11 Å². The van der Waals surface area contributed by atoms with E-state index in [4.69, 9.17) is 23.2 Å². The minimum atomic E-state index is 0.0422. The van der Waals surface area contributed by atoms with E-state index < -0.39 is 0 Å². The van der Waals surface area contributed by atoms with Crippen LogP contribution in [-0.2, 0) is 0 Å². The van der Waals surface area contributed by atoms with Gasteiger partial charge in [0.1, 0.15) is 0 Å². The molecule has 0 bridgehead atoms. The Morgan fingerprint density at radius 2 is 2.07 bits per heavy atom. The summed E-state index contributed by atoms with van der Waals surface area (Å²) in [6.07, 6.45) is 1.89. The summed E-state index contributed by atoms with van der Waals surface area (Å²) >= 11 is 11.9. The lowest BCUT2D eigenvalue weighted by Gasteiger charge is -2.09. The maximum Gasteiger partial charge on any atom is 0.0664 e. The summed E-state index contributed by atoms with van der Waals surface area (Å²) in [6.45, 7) is 4.10. The Morgan fingerprint density at radius 3 is 2.60 bits per heavy atom. The zero-order valence-corrected chi connectivity index (χ0v) is 10.3. The number of halogens is 2. The lowest BCUT2D eigenvalue weighted by molar-refractivity contribution is 0.320. The number of aliphatic hydroxyl groups is 1. The van der Waals surface area contributed by atoms with E-state index in [0.29, 0.717) is 16.0 Å². The average Bonchev–Trinajstić information content (AvgIpc) is 2.19. The van der Waals surface area contributed by atoms with Gasteiger partial charge in [0.15, 0.2) is 0 Å². The maximum atomic E-state index is 9.17. The monoisotopic (exact) mass is 244 g/mol. The predicted molar refractivity (Wildman–Crippen MR) is 66.4 cm³/mol. The molecule has 0 atom stereocenters. The van der Waals surface area contributed by atoms with Crippen LogP contribution in [0, 0.1) is 5.92 Å². The van der Waals surface area contributed by atoms with Crippen molar-refractivity contribution in [1.29, 1.82) is 0 Å². The SMILES string of the molecule is CC(C)C(=Cc1cccc(Cl)c1Cl)CO. The van der Waals surface area contributed by atoms with E-state index in [0.717, 1.165) is 11.1 Å². The van der Waals surface area contributed by atoms with Gasteiger partial charge in [-0.1, -0.05) is 55.3 Å². The van der Waals surface area contributed by atoms with Gasteiger partial charge in [-0.2, -0.15) is 0 Å². The summed E-state index contributed by atoms with van der Waals surface area (Å²) in [5.41, 5.74) is 1.79. The maximum absolute atomic E-state index is 9.17. The zero-order chi connectivity index (χ0) is 11.4. The molecule has 0 heterocycles. The molecule has 1 aromatic rings. The minimum absolute atomic E-state index is 0.0422. The third-order valence-electron chi connectivity index (χ3n) is 2.25. The van der Waals surface area contributed by atoms with Gasteiger partial charge in [0.25, 0.3) is 0 Å². The van der Waals surface area contributed by atoms with Crippen LogP contribution in [0.25, 0.3) is 6.08 Å². The van der Waals surface area contributed by atoms with E-state index in [1.165, 1.54) is 0 Å². The highest BCUT2D eigenvalue weighted by Crippen LogP contribution is 2.28. The Balaban J connectivity index is 3.11. The molecule has 0 saturated carbocycles. The van der Waals surface area contributed by atoms with Crippen molar-refractivity contribution < 1.29 is 5.11 Å². The molecule has 0 fully saturated rings. The third-order valence-corrected chi connectivity index (χ3v) is 3.08. The molecule has 3 heteroatoms. The fourth-order valence-electron chi connectivity index (χ4n) is 1.23. The molecule has 0 amide bonds. The molecule has 0 aromatic heterocycles. The van der Waals surface area contributed by atoms with Crippen LogP contribution in [0.5, 0.6) is 0 Å². The predicted octanol–water partition coefficient (Wildman–Crippen LogP) is 4.03. The van der Waals surface area contributed by atoms with E-state index >= 15 is 0 Å². The molecule has 0 aliphatic rings. The number of hydrogen-bond donors (Lipinski definition) is 1. The second-order valence-corrected chi connectivity index (χ2v) is 4.46. The largest absolute Gasteiger partial charge is 0.392 e. The van der Waals surface area contributed by atoms with E-state index in [1.807, 2.05) is 32.1 Å². The lowest BCUT2D eigenvalue weighted by Crippen LogP contribution is -1.98. The highest BCUT2D eigenvalue weighted by molar-refractivity contribution is 6.42. The fourth-order valence-corrected chi connectivity index (χ4v) is 1.59. The third kappa shape index (κ3) is 3.23. The van der Waals surface area contributed by atoms with Crippen molar-refractivity contribution in [2.75, 3.05) is 6.61 Å². The molecule has 0 unspecified atom stereocenters. The van der Waals surface area contributed by atoms with E-state index in [9.17, 15) is 5.11 Å². The second-order valence-electron chi connectivity index (χ2n) is 3.68. The van der Waals surface area contributed by atoms with Crippen molar-refractivity contribution in [2.24, 2.45) is 5.92 Å². The second kappa shape index (κ2) is 5.55. The first-order valence-electron chi connectivity index (χ1n) is 4.81. The fraction of sp³-hybridized carbons (Fsp3) is 0.333. The molecular formula is C12H14Cl2O. The summed E-state index contributed by atoms with van der Waals surface area (Å²) in [6, 6.07) is 5.47. The van der Waals surface area contributed by atoms with Gasteiger partial charge in [-0.15, -0.1) is 0 Å². The van der Waals surface area contributed by atoms with Gasteiger partial charge in [-0.05, 0) is 23.1 Å². The first kappa shape index (κ1) is 12.6. The topological polar surface area (TPSA) is 20.2 Å². The van der Waals surface area contributed by atoms with E-state index in [-0.39, 0.29) is 6.61 Å². The molecule has 0 saturated heterocycles. The van der Waals surface area contributed by atoms with Gasteiger partial charge in [-0.25, -0.2) is 0 Å². The first-order chi connectivity index (χ1) is 7.06. The summed E-state index contributed by atoms with van der Waals surface area (Å²) < 4.78 is 0. The van der Waals surface area contributed by atoms with Crippen LogP contribution >= 0.6 is 23.2 Å². The standard InChI is InChI=1S/C12H14Cl2O/c1-8(2)10(7-15)6-9-4-3-5-11(13)12(9)14/h3-6,8,15H,7H2,1-2H3. The van der Waals surface area contributed by atoms with Crippen LogP contribution in [0.15, 0.2) is 23.8 Å².